The van der Waals surface area contributed by atoms with Crippen LogP contribution in [0.2, 0.25) is 0 Å². The van der Waals surface area contributed by atoms with E-state index in [-0.39, 0.29) is 5.75 Å². The van der Waals surface area contributed by atoms with Crippen molar-refractivity contribution in [3.8, 4) is 0 Å². The summed E-state index contributed by atoms with van der Waals surface area (Å²) in [5.41, 5.74) is 10.3. The number of carboxylic acid groups (broad SMARTS) is 2. The maximum Gasteiger partial charge on any atom is 0.326 e. The first-order valence-corrected chi connectivity index (χ1v) is 8.52. The van der Waals surface area contributed by atoms with Gasteiger partial charge in [0.1, 0.15) is 18.1 Å². The summed E-state index contributed by atoms with van der Waals surface area (Å²) in [7, 11) is 0. The first-order valence-electron chi connectivity index (χ1n) is 7.89. The number of nitrogens with two attached hydrogens (primary N) is 2. The summed E-state index contributed by atoms with van der Waals surface area (Å²) in [6.45, 7) is 1.19. The van der Waals surface area contributed by atoms with Crippen LogP contribution in [0, 0.1) is 0 Å². The second kappa shape index (κ2) is 11.8. The predicted molar refractivity (Wildman–Crippen MR) is 97.0 cm³/mol. The number of carboxylic acids is 2. The van der Waals surface area contributed by atoms with E-state index >= 15 is 0 Å². The monoisotopic (exact) mass is 421 g/mol. The van der Waals surface area contributed by atoms with Crippen molar-refractivity contribution in [1.29, 1.82) is 0 Å². The van der Waals surface area contributed by atoms with Gasteiger partial charge in [0.25, 0.3) is 0 Å². The lowest BCUT2D eigenvalue weighted by Gasteiger charge is -2.22. The molecule has 4 atom stereocenters. The third-order valence-corrected chi connectivity index (χ3v) is 3.71. The van der Waals surface area contributed by atoms with E-state index in [9.17, 15) is 28.8 Å². The van der Waals surface area contributed by atoms with E-state index in [2.05, 4.69) is 23.3 Å². The first kappa shape index (κ1) is 25.1. The molecule has 0 aromatic heterocycles. The van der Waals surface area contributed by atoms with Gasteiger partial charge in [0.05, 0.1) is 18.9 Å². The average molecular weight is 421 g/mol. The quantitative estimate of drug-likeness (QED) is 0.144. The van der Waals surface area contributed by atoms with Crippen molar-refractivity contribution in [2.75, 3.05) is 5.75 Å². The van der Waals surface area contributed by atoms with Gasteiger partial charge in [-0.3, -0.25) is 24.0 Å². The van der Waals surface area contributed by atoms with Crippen LogP contribution in [0.3, 0.4) is 0 Å². The normalized spacial score (nSPS) is 14.7. The van der Waals surface area contributed by atoms with E-state index in [1.165, 1.54) is 6.92 Å². The van der Waals surface area contributed by atoms with Crippen molar-refractivity contribution in [3.05, 3.63) is 0 Å². The first-order chi connectivity index (χ1) is 12.9. The van der Waals surface area contributed by atoms with Crippen molar-refractivity contribution >= 4 is 48.2 Å². The molecule has 0 spiro atoms. The molecular formula is C14H23N5O8S. The minimum absolute atomic E-state index is 0.0531. The molecular weight excluding hydrogens is 398 g/mol. The number of aliphatic carboxylic acids is 2. The summed E-state index contributed by atoms with van der Waals surface area (Å²) in [5, 5.41) is 24.1. The van der Waals surface area contributed by atoms with Gasteiger partial charge in [0.2, 0.25) is 23.6 Å². The lowest BCUT2D eigenvalue weighted by Crippen LogP contribution is -2.57. The van der Waals surface area contributed by atoms with Gasteiger partial charge in [-0.1, -0.05) is 0 Å². The third kappa shape index (κ3) is 9.18. The Morgan fingerprint density at radius 1 is 0.893 bits per heavy atom. The smallest absolute Gasteiger partial charge is 0.326 e. The molecule has 0 aromatic rings. The summed E-state index contributed by atoms with van der Waals surface area (Å²) in [5.74, 6) is -6.72. The summed E-state index contributed by atoms with van der Waals surface area (Å²) >= 11 is 3.82. The van der Waals surface area contributed by atoms with Crippen LogP contribution >= 0.6 is 12.6 Å². The highest BCUT2D eigenvalue weighted by molar-refractivity contribution is 7.80. The van der Waals surface area contributed by atoms with Crippen LogP contribution in [-0.2, 0) is 28.8 Å². The molecule has 0 bridgehead atoms. The van der Waals surface area contributed by atoms with Gasteiger partial charge in [-0.05, 0) is 6.92 Å². The number of amides is 4. The van der Waals surface area contributed by atoms with E-state index < -0.39 is 72.6 Å². The van der Waals surface area contributed by atoms with E-state index in [1.54, 1.807) is 0 Å². The molecule has 0 fully saturated rings. The molecule has 0 saturated heterocycles. The Morgan fingerprint density at radius 3 is 1.86 bits per heavy atom. The van der Waals surface area contributed by atoms with Crippen LogP contribution in [0.15, 0.2) is 0 Å². The highest BCUT2D eigenvalue weighted by Gasteiger charge is 2.29. The minimum Gasteiger partial charge on any atom is -0.481 e. The molecule has 0 rings (SSSR count). The molecule has 0 radical (unpaired) electrons. The van der Waals surface area contributed by atoms with Crippen LogP contribution in [-0.4, -0.2) is 75.7 Å². The minimum atomic E-state index is -1.60. The topological polar surface area (TPSA) is 231 Å². The van der Waals surface area contributed by atoms with Crippen molar-refractivity contribution in [1.82, 2.24) is 16.0 Å². The molecule has 13 nitrogen and oxygen atoms in total. The number of carbonyl (C=O) groups excluding carboxylic acids is 4. The second-order valence-electron chi connectivity index (χ2n) is 5.75. The number of carbonyl (C=O) groups is 6. The Bertz CT molecular complexity index is 643. The van der Waals surface area contributed by atoms with Gasteiger partial charge in [-0.25, -0.2) is 4.79 Å². The lowest BCUT2D eigenvalue weighted by atomic mass is 10.1. The molecule has 0 aromatic carbocycles. The largest absolute Gasteiger partial charge is 0.481 e. The number of thiol groups is 1. The fourth-order valence-corrected chi connectivity index (χ4v) is 1.99. The SMILES string of the molecule is CC(NC(=O)C(CC(=O)O)NC(=O)C(N)CS)C(=O)NC(CC(N)=O)C(=O)O. The van der Waals surface area contributed by atoms with Crippen LogP contribution in [0.25, 0.3) is 0 Å². The van der Waals surface area contributed by atoms with Gasteiger partial charge < -0.3 is 37.6 Å². The molecule has 0 saturated carbocycles. The van der Waals surface area contributed by atoms with Gasteiger partial charge in [-0.2, -0.15) is 12.6 Å². The molecule has 0 aliphatic carbocycles. The molecule has 4 amide bonds. The maximum absolute atomic E-state index is 12.2. The van der Waals surface area contributed by atoms with Crippen LogP contribution in [0.4, 0.5) is 0 Å². The third-order valence-electron chi connectivity index (χ3n) is 3.32. The zero-order valence-electron chi connectivity index (χ0n) is 14.9. The Kier molecular flexibility index (Phi) is 10.6. The van der Waals surface area contributed by atoms with Crippen molar-refractivity contribution < 1.29 is 39.0 Å². The van der Waals surface area contributed by atoms with Crippen molar-refractivity contribution in [3.63, 3.8) is 0 Å². The van der Waals surface area contributed by atoms with E-state index in [0.29, 0.717) is 0 Å². The molecule has 0 aliphatic heterocycles. The molecule has 14 heteroatoms. The van der Waals surface area contributed by atoms with E-state index in [0.717, 1.165) is 0 Å². The number of primary amides is 1. The second-order valence-corrected chi connectivity index (χ2v) is 6.11. The maximum atomic E-state index is 12.2. The Balaban J connectivity index is 5.05. The van der Waals surface area contributed by atoms with Crippen LogP contribution in [0.5, 0.6) is 0 Å². The molecule has 4 unspecified atom stereocenters. The number of hydrogen-bond acceptors (Lipinski definition) is 8. The fourth-order valence-electron chi connectivity index (χ4n) is 1.82. The molecule has 158 valence electrons. The lowest BCUT2D eigenvalue weighted by molar-refractivity contribution is -0.144. The Morgan fingerprint density at radius 2 is 1.43 bits per heavy atom. The summed E-state index contributed by atoms with van der Waals surface area (Å²) in [6, 6.07) is -5.54. The predicted octanol–water partition coefficient (Wildman–Crippen LogP) is -3.85. The highest BCUT2D eigenvalue weighted by Crippen LogP contribution is 1.98. The summed E-state index contributed by atoms with van der Waals surface area (Å²) in [4.78, 5) is 68.8. The zero-order valence-corrected chi connectivity index (χ0v) is 15.8. The summed E-state index contributed by atoms with van der Waals surface area (Å²) in [6.07, 6.45) is -1.45. The highest BCUT2D eigenvalue weighted by atomic mass is 32.1. The summed E-state index contributed by atoms with van der Waals surface area (Å²) < 4.78 is 0. The van der Waals surface area contributed by atoms with Gasteiger partial charge in [0.15, 0.2) is 0 Å². The van der Waals surface area contributed by atoms with Crippen molar-refractivity contribution in [2.24, 2.45) is 11.5 Å². The van der Waals surface area contributed by atoms with Gasteiger partial charge in [-0.15, -0.1) is 0 Å². The van der Waals surface area contributed by atoms with Crippen LogP contribution < -0.4 is 27.4 Å². The Hall–Kier alpha value is -2.87. The fraction of sp³-hybridized carbons (Fsp3) is 0.571. The Labute approximate surface area is 165 Å². The number of hydrogen-bond donors (Lipinski definition) is 8. The van der Waals surface area contributed by atoms with E-state index in [4.69, 9.17) is 21.7 Å². The molecule has 0 heterocycles. The number of rotatable bonds is 12. The molecule has 0 aliphatic rings. The number of nitrogens with one attached hydrogen (secondary N) is 3. The van der Waals surface area contributed by atoms with Crippen molar-refractivity contribution in [2.45, 2.75) is 43.9 Å². The van der Waals surface area contributed by atoms with Gasteiger partial charge in [0, 0.05) is 5.75 Å². The van der Waals surface area contributed by atoms with E-state index in [1.807, 2.05) is 5.32 Å². The zero-order chi connectivity index (χ0) is 22.0. The molecule has 28 heavy (non-hydrogen) atoms. The van der Waals surface area contributed by atoms with Gasteiger partial charge >= 0.3 is 11.9 Å². The standard InChI is InChI=1S/C14H23N5O8S/c1-5(11(23)19-8(14(26)27)2-9(16)20)17-13(25)7(3-10(21)22)18-12(24)6(15)4-28/h5-8,28H,2-4,15H2,1H3,(H2,16,20)(H,17,25)(H,18,24)(H,19,23)(H,21,22)(H,26,27). The molecule has 9 N–H and O–H groups in total. The van der Waals surface area contributed by atoms with Crippen LogP contribution in [0.1, 0.15) is 19.8 Å². The average Bonchev–Trinajstić information content (AvgIpc) is 2.58.